The second-order valence-corrected chi connectivity index (χ2v) is 6.51. The minimum Gasteiger partial charge on any atom is -0.345 e. The van der Waals surface area contributed by atoms with Gasteiger partial charge in [0.2, 0.25) is 0 Å². The molecular weight excluding hydrogens is 342 g/mol. The highest BCUT2D eigenvalue weighted by Gasteiger charge is 2.17. The van der Waals surface area contributed by atoms with Crippen LogP contribution in [0.25, 0.3) is 11.5 Å². The summed E-state index contributed by atoms with van der Waals surface area (Å²) in [7, 11) is 0. The van der Waals surface area contributed by atoms with Crippen molar-refractivity contribution in [2.24, 2.45) is 0 Å². The molecule has 1 aliphatic rings. The highest BCUT2D eigenvalue weighted by molar-refractivity contribution is 6.00. The van der Waals surface area contributed by atoms with Crippen LogP contribution in [0.5, 0.6) is 0 Å². The quantitative estimate of drug-likeness (QED) is 0.696. The molecule has 0 radical (unpaired) electrons. The fourth-order valence-corrected chi connectivity index (χ4v) is 3.20. The Hall–Kier alpha value is -3.35. The Kier molecular flexibility index (Phi) is 4.74. The highest BCUT2D eigenvalue weighted by atomic mass is 16.1. The molecule has 0 bridgehead atoms. The van der Waals surface area contributed by atoms with Crippen molar-refractivity contribution in [3.05, 3.63) is 65.1 Å². The number of fused-ring (bicyclic) bond motifs is 1. The molecule has 0 saturated heterocycles. The molecule has 1 amide bonds. The number of pyridine rings is 1. The van der Waals surface area contributed by atoms with Gasteiger partial charge in [-0.05, 0) is 49.1 Å². The van der Waals surface area contributed by atoms with E-state index in [-0.39, 0.29) is 18.2 Å². The molecule has 4 rings (SSSR count). The van der Waals surface area contributed by atoms with Crippen molar-refractivity contribution in [1.29, 1.82) is 0 Å². The smallest absolute Gasteiger partial charge is 0.251 e. The Morgan fingerprint density at radius 3 is 2.89 bits per heavy atom. The highest BCUT2D eigenvalue weighted by Crippen LogP contribution is 2.22. The Labute approximate surface area is 156 Å². The molecule has 2 aromatic heterocycles. The third kappa shape index (κ3) is 3.76. The predicted molar refractivity (Wildman–Crippen MR) is 99.1 cm³/mol. The summed E-state index contributed by atoms with van der Waals surface area (Å²) in [5, 5.41) is 9.78. The van der Waals surface area contributed by atoms with Gasteiger partial charge in [-0.3, -0.25) is 19.7 Å². The predicted octanol–water partition coefficient (Wildman–Crippen LogP) is 2.71. The number of Topliss-reactive ketones (excluding diaryl/α,β-unsaturated/α-hetero) is 1. The lowest BCUT2D eigenvalue weighted by molar-refractivity contribution is 0.0946. The summed E-state index contributed by atoms with van der Waals surface area (Å²) in [5.74, 6) is 1.00. The van der Waals surface area contributed by atoms with Gasteiger partial charge in [-0.1, -0.05) is 12.1 Å². The van der Waals surface area contributed by atoms with Crippen LogP contribution in [0.2, 0.25) is 0 Å². The van der Waals surface area contributed by atoms with Gasteiger partial charge in [0.15, 0.2) is 11.6 Å². The first-order valence-electron chi connectivity index (χ1n) is 8.98. The van der Waals surface area contributed by atoms with Crippen LogP contribution in [-0.4, -0.2) is 31.9 Å². The van der Waals surface area contributed by atoms with E-state index in [4.69, 9.17) is 0 Å². The van der Waals surface area contributed by atoms with Crippen molar-refractivity contribution in [3.8, 4) is 11.5 Å². The fraction of sp³-hybridized carbons (Fsp3) is 0.250. The summed E-state index contributed by atoms with van der Waals surface area (Å²) in [6, 6.07) is 10.8. The normalized spacial score (nSPS) is 13.7. The van der Waals surface area contributed by atoms with Gasteiger partial charge >= 0.3 is 0 Å². The number of aryl methyl sites for hydroxylation is 1. The van der Waals surface area contributed by atoms with Crippen molar-refractivity contribution in [2.45, 2.75) is 32.2 Å². The molecule has 0 unspecified atom stereocenters. The standard InChI is InChI=1S/C20H19N5O2/c26-17-7-2-1-5-13-11-14(8-9-15(13)17)20(27)22-12-18-23-19(25-24-18)16-6-3-4-10-21-16/h3-4,6,8-11H,1-2,5,7,12H2,(H,22,27)(H,23,24,25). The summed E-state index contributed by atoms with van der Waals surface area (Å²) < 4.78 is 0. The van der Waals surface area contributed by atoms with Crippen LogP contribution in [0.15, 0.2) is 42.6 Å². The van der Waals surface area contributed by atoms with Crippen molar-refractivity contribution >= 4 is 11.7 Å². The molecule has 3 aromatic rings. The number of ketones is 1. The molecule has 0 atom stereocenters. The van der Waals surface area contributed by atoms with Crippen LogP contribution in [-0.2, 0) is 13.0 Å². The third-order valence-corrected chi connectivity index (χ3v) is 4.61. The zero-order valence-corrected chi connectivity index (χ0v) is 14.7. The second-order valence-electron chi connectivity index (χ2n) is 6.51. The van der Waals surface area contributed by atoms with E-state index >= 15 is 0 Å². The zero-order chi connectivity index (χ0) is 18.6. The van der Waals surface area contributed by atoms with Crippen molar-refractivity contribution in [3.63, 3.8) is 0 Å². The summed E-state index contributed by atoms with van der Waals surface area (Å²) >= 11 is 0. The summed E-state index contributed by atoms with van der Waals surface area (Å²) in [4.78, 5) is 33.1. The van der Waals surface area contributed by atoms with Gasteiger partial charge in [-0.25, -0.2) is 4.98 Å². The largest absolute Gasteiger partial charge is 0.345 e. The Balaban J connectivity index is 1.44. The molecule has 0 aliphatic heterocycles. The number of aromatic amines is 1. The number of aromatic nitrogens is 4. The van der Waals surface area contributed by atoms with Gasteiger partial charge in [0.1, 0.15) is 11.5 Å². The van der Waals surface area contributed by atoms with Crippen LogP contribution >= 0.6 is 0 Å². The van der Waals surface area contributed by atoms with Gasteiger partial charge in [0, 0.05) is 23.7 Å². The van der Waals surface area contributed by atoms with E-state index in [0.29, 0.717) is 29.3 Å². The molecule has 0 fully saturated rings. The van der Waals surface area contributed by atoms with E-state index in [1.165, 1.54) is 0 Å². The van der Waals surface area contributed by atoms with Gasteiger partial charge < -0.3 is 5.32 Å². The average Bonchev–Trinajstić information content (AvgIpc) is 3.11. The van der Waals surface area contributed by atoms with Crippen molar-refractivity contribution in [1.82, 2.24) is 25.5 Å². The fourth-order valence-electron chi connectivity index (χ4n) is 3.20. The third-order valence-electron chi connectivity index (χ3n) is 4.61. The molecule has 0 saturated carbocycles. The summed E-state index contributed by atoms with van der Waals surface area (Å²) in [6.07, 6.45) is 4.97. The zero-order valence-electron chi connectivity index (χ0n) is 14.7. The number of amides is 1. The lowest BCUT2D eigenvalue weighted by Crippen LogP contribution is -2.23. The lowest BCUT2D eigenvalue weighted by Gasteiger charge is -2.08. The maximum Gasteiger partial charge on any atom is 0.251 e. The van der Waals surface area contributed by atoms with E-state index in [1.54, 1.807) is 18.3 Å². The molecule has 7 heteroatoms. The van der Waals surface area contributed by atoms with Crippen LogP contribution in [0.4, 0.5) is 0 Å². The first kappa shape index (κ1) is 17.1. The minimum absolute atomic E-state index is 0.165. The number of carbonyl (C=O) groups excluding carboxylic acids is 2. The molecular formula is C20H19N5O2. The monoisotopic (exact) mass is 361 g/mol. The number of rotatable bonds is 4. The molecule has 27 heavy (non-hydrogen) atoms. The van der Waals surface area contributed by atoms with E-state index in [2.05, 4.69) is 25.5 Å². The number of hydrogen-bond acceptors (Lipinski definition) is 5. The Morgan fingerprint density at radius 2 is 2.04 bits per heavy atom. The maximum atomic E-state index is 12.5. The topological polar surface area (TPSA) is 101 Å². The Morgan fingerprint density at radius 1 is 1.15 bits per heavy atom. The van der Waals surface area contributed by atoms with Crippen molar-refractivity contribution in [2.75, 3.05) is 0 Å². The van der Waals surface area contributed by atoms with Gasteiger partial charge in [0.05, 0.1) is 6.54 Å². The SMILES string of the molecule is O=C(NCc1nc(-c2ccccn2)n[nH]1)c1ccc2c(c1)CCCCC2=O. The maximum absolute atomic E-state index is 12.5. The number of carbonyl (C=O) groups is 2. The van der Waals surface area contributed by atoms with Crippen LogP contribution in [0, 0.1) is 0 Å². The second kappa shape index (κ2) is 7.49. The summed E-state index contributed by atoms with van der Waals surface area (Å²) in [6.45, 7) is 0.231. The average molecular weight is 361 g/mol. The Bertz CT molecular complexity index is 981. The number of benzene rings is 1. The van der Waals surface area contributed by atoms with E-state index in [0.717, 1.165) is 30.4 Å². The number of H-pyrrole nitrogens is 1. The molecule has 0 spiro atoms. The minimum atomic E-state index is -0.203. The lowest BCUT2D eigenvalue weighted by atomic mass is 9.99. The van der Waals surface area contributed by atoms with E-state index in [9.17, 15) is 9.59 Å². The van der Waals surface area contributed by atoms with Crippen LogP contribution in [0.3, 0.4) is 0 Å². The first-order valence-corrected chi connectivity index (χ1v) is 8.98. The molecule has 7 nitrogen and oxygen atoms in total. The van der Waals surface area contributed by atoms with E-state index < -0.39 is 0 Å². The number of hydrogen-bond donors (Lipinski definition) is 2. The van der Waals surface area contributed by atoms with Gasteiger partial charge in [0.25, 0.3) is 5.91 Å². The van der Waals surface area contributed by atoms with Gasteiger partial charge in [-0.2, -0.15) is 5.10 Å². The van der Waals surface area contributed by atoms with Crippen LogP contribution < -0.4 is 5.32 Å². The molecule has 1 aromatic carbocycles. The van der Waals surface area contributed by atoms with Crippen molar-refractivity contribution < 1.29 is 9.59 Å². The first-order chi connectivity index (χ1) is 13.2. The summed E-state index contributed by atoms with van der Waals surface area (Å²) in [5.41, 5.74) is 2.93. The molecule has 2 heterocycles. The molecule has 2 N–H and O–H groups in total. The molecule has 136 valence electrons. The van der Waals surface area contributed by atoms with Gasteiger partial charge in [-0.15, -0.1) is 0 Å². The van der Waals surface area contributed by atoms with Crippen LogP contribution in [0.1, 0.15) is 51.4 Å². The number of nitrogens with one attached hydrogen (secondary N) is 2. The number of nitrogens with zero attached hydrogens (tertiary/aromatic N) is 3. The van der Waals surface area contributed by atoms with E-state index in [1.807, 2.05) is 24.3 Å². The molecule has 1 aliphatic carbocycles.